The molecule has 31 heavy (non-hydrogen) atoms. The molecule has 172 valence electrons. The van der Waals surface area contributed by atoms with Crippen molar-refractivity contribution in [2.24, 2.45) is 0 Å². The van der Waals surface area contributed by atoms with Gasteiger partial charge in [-0.05, 0) is 38.7 Å². The molecule has 1 saturated heterocycles. The zero-order chi connectivity index (χ0) is 23.0. The number of halogens is 3. The number of unbranched alkanes of at least 4 members (excludes halogenated alkanes) is 1. The molecule has 3 rings (SSSR count). The fraction of sp³-hybridized carbons (Fsp3) is 0.684. The largest absolute Gasteiger partial charge is 0.453 e. The van der Waals surface area contributed by atoms with E-state index < -0.39 is 21.8 Å². The number of sulfone groups is 1. The van der Waals surface area contributed by atoms with Crippen LogP contribution < -0.4 is 0 Å². The predicted molar refractivity (Wildman–Crippen MR) is 107 cm³/mol. The Morgan fingerprint density at radius 2 is 1.97 bits per heavy atom. The molecule has 0 radical (unpaired) electrons. The summed E-state index contributed by atoms with van der Waals surface area (Å²) in [4.78, 5) is 22.2. The Balaban J connectivity index is 1.80. The fourth-order valence-corrected chi connectivity index (χ4v) is 5.66. The van der Waals surface area contributed by atoms with Crippen LogP contribution in [0.15, 0.2) is 0 Å². The number of carbonyl (C=O) groups excluding carboxylic acids is 1. The number of nitrogens with zero attached hydrogens (tertiary/aromatic N) is 5. The number of carbonyl (C=O) groups is 1. The van der Waals surface area contributed by atoms with E-state index in [1.54, 1.807) is 18.7 Å². The lowest BCUT2D eigenvalue weighted by Gasteiger charge is -2.28. The van der Waals surface area contributed by atoms with Gasteiger partial charge in [0.2, 0.25) is 5.91 Å². The molecule has 1 amide bonds. The number of aryl methyl sites for hydroxylation is 2. The summed E-state index contributed by atoms with van der Waals surface area (Å²) < 4.78 is 63.6. The Labute approximate surface area is 178 Å². The third kappa shape index (κ3) is 5.16. The van der Waals surface area contributed by atoms with E-state index in [0.717, 1.165) is 17.4 Å². The van der Waals surface area contributed by atoms with Gasteiger partial charge in [-0.2, -0.15) is 18.2 Å². The Kier molecular flexibility index (Phi) is 6.59. The van der Waals surface area contributed by atoms with Crippen LogP contribution in [0.25, 0.3) is 5.78 Å². The van der Waals surface area contributed by atoms with E-state index in [4.69, 9.17) is 0 Å². The molecule has 3 heterocycles. The second-order valence-corrected chi connectivity index (χ2v) is 10.1. The van der Waals surface area contributed by atoms with E-state index in [0.29, 0.717) is 29.9 Å². The molecule has 0 saturated carbocycles. The zero-order valence-corrected chi connectivity index (χ0v) is 18.6. The Morgan fingerprint density at radius 3 is 2.55 bits per heavy atom. The summed E-state index contributed by atoms with van der Waals surface area (Å²) in [5.41, 5.74) is 1.57. The molecule has 8 nitrogen and oxygen atoms in total. The lowest BCUT2D eigenvalue weighted by Crippen LogP contribution is -2.42. The summed E-state index contributed by atoms with van der Waals surface area (Å²) in [6.45, 7) is 5.76. The highest BCUT2D eigenvalue weighted by molar-refractivity contribution is 7.91. The average molecular weight is 462 g/mol. The van der Waals surface area contributed by atoms with E-state index in [-0.39, 0.29) is 42.1 Å². The second-order valence-electron chi connectivity index (χ2n) is 7.90. The minimum absolute atomic E-state index is 0.0206. The van der Waals surface area contributed by atoms with Crippen molar-refractivity contribution in [1.82, 2.24) is 24.5 Å². The highest BCUT2D eigenvalue weighted by Gasteiger charge is 2.37. The molecule has 1 atom stereocenters. The van der Waals surface area contributed by atoms with Gasteiger partial charge in [0.15, 0.2) is 9.84 Å². The minimum atomic E-state index is -4.68. The maximum absolute atomic E-state index is 13.0. The maximum atomic E-state index is 13.0. The van der Waals surface area contributed by atoms with E-state index in [1.165, 1.54) is 0 Å². The third-order valence-electron chi connectivity index (χ3n) is 5.61. The number of aromatic nitrogens is 4. The molecule has 0 N–H and O–H groups in total. The Morgan fingerprint density at radius 1 is 1.26 bits per heavy atom. The Hall–Kier alpha value is -2.24. The van der Waals surface area contributed by atoms with E-state index in [1.807, 2.05) is 6.92 Å². The molecule has 12 heteroatoms. The van der Waals surface area contributed by atoms with Gasteiger partial charge in [0.25, 0.3) is 11.6 Å². The highest BCUT2D eigenvalue weighted by Crippen LogP contribution is 2.27. The van der Waals surface area contributed by atoms with Crippen LogP contribution in [0.3, 0.4) is 0 Å². The highest BCUT2D eigenvalue weighted by atomic mass is 32.2. The average Bonchev–Trinajstić information content (AvgIpc) is 3.25. The first-order valence-electron chi connectivity index (χ1n) is 10.2. The molecule has 1 aliphatic heterocycles. The molecule has 0 aliphatic carbocycles. The molecular formula is C19H26F3N5O3S. The van der Waals surface area contributed by atoms with Crippen LogP contribution in [-0.4, -0.2) is 62.9 Å². The number of amides is 1. The molecule has 2 aromatic heterocycles. The van der Waals surface area contributed by atoms with Crippen molar-refractivity contribution in [1.29, 1.82) is 0 Å². The predicted octanol–water partition coefficient (Wildman–Crippen LogP) is 2.51. The fourth-order valence-electron chi connectivity index (χ4n) is 3.93. The van der Waals surface area contributed by atoms with Crippen molar-refractivity contribution in [3.05, 3.63) is 22.8 Å². The third-order valence-corrected chi connectivity index (χ3v) is 7.36. The smallest absolute Gasteiger partial charge is 0.339 e. The van der Waals surface area contributed by atoms with Gasteiger partial charge in [0.1, 0.15) is 0 Å². The molecule has 0 bridgehead atoms. The first kappa shape index (κ1) is 23.4. The quantitative estimate of drug-likeness (QED) is 0.629. The van der Waals surface area contributed by atoms with Crippen LogP contribution >= 0.6 is 0 Å². The van der Waals surface area contributed by atoms with Gasteiger partial charge in [-0.25, -0.2) is 17.9 Å². The van der Waals surface area contributed by atoms with Gasteiger partial charge in [-0.1, -0.05) is 13.3 Å². The second kappa shape index (κ2) is 8.71. The van der Waals surface area contributed by atoms with Gasteiger partial charge >= 0.3 is 6.18 Å². The van der Waals surface area contributed by atoms with E-state index in [2.05, 4.69) is 15.1 Å². The maximum Gasteiger partial charge on any atom is 0.453 e. The number of alkyl halides is 3. The van der Waals surface area contributed by atoms with Crippen LogP contribution in [-0.2, 0) is 27.2 Å². The summed E-state index contributed by atoms with van der Waals surface area (Å²) in [7, 11) is -3.13. The number of hydrogen-bond donors (Lipinski definition) is 0. The van der Waals surface area contributed by atoms with Crippen molar-refractivity contribution in [3.8, 4) is 0 Å². The van der Waals surface area contributed by atoms with Crippen molar-refractivity contribution in [2.75, 3.05) is 18.1 Å². The monoisotopic (exact) mass is 461 g/mol. The normalized spacial score (nSPS) is 18.6. The number of hydrogen-bond acceptors (Lipinski definition) is 6. The summed E-state index contributed by atoms with van der Waals surface area (Å²) in [5, 5.41) is 3.52. The van der Waals surface area contributed by atoms with Gasteiger partial charge in [-0.15, -0.1) is 5.10 Å². The molecule has 0 aromatic carbocycles. The van der Waals surface area contributed by atoms with Crippen molar-refractivity contribution >= 4 is 21.5 Å². The Bertz CT molecular complexity index is 1080. The van der Waals surface area contributed by atoms with Crippen LogP contribution in [0.4, 0.5) is 13.2 Å². The molecule has 1 aliphatic rings. The van der Waals surface area contributed by atoms with Crippen molar-refractivity contribution in [2.45, 2.75) is 65.1 Å². The van der Waals surface area contributed by atoms with E-state index in [9.17, 15) is 26.4 Å². The van der Waals surface area contributed by atoms with Gasteiger partial charge in [-0.3, -0.25) is 4.79 Å². The minimum Gasteiger partial charge on any atom is -0.339 e. The lowest BCUT2D eigenvalue weighted by molar-refractivity contribution is -0.144. The SMILES string of the molecule is CCCCN(C(=O)CCc1c(C)nc2nc(C(F)(F)F)nn2c1C)C1CCS(=O)(=O)C1. The van der Waals surface area contributed by atoms with Gasteiger partial charge in [0.05, 0.1) is 11.5 Å². The molecule has 0 spiro atoms. The lowest BCUT2D eigenvalue weighted by atomic mass is 10.1. The molecular weight excluding hydrogens is 435 g/mol. The van der Waals surface area contributed by atoms with Crippen LogP contribution in [0.1, 0.15) is 55.4 Å². The van der Waals surface area contributed by atoms with E-state index >= 15 is 0 Å². The van der Waals surface area contributed by atoms with Gasteiger partial charge < -0.3 is 4.90 Å². The number of rotatable bonds is 7. The number of fused-ring (bicyclic) bond motifs is 1. The summed E-state index contributed by atoms with van der Waals surface area (Å²) in [6.07, 6.45) is -2.23. The molecule has 2 aromatic rings. The van der Waals surface area contributed by atoms with Crippen LogP contribution in [0, 0.1) is 13.8 Å². The molecule has 1 unspecified atom stereocenters. The summed E-state index contributed by atoms with van der Waals surface area (Å²) in [6, 6.07) is -0.323. The standard InChI is InChI=1S/C19H26F3N5O3S/c1-4-5-9-26(14-8-10-31(29,30)11-14)16(28)7-6-15-12(2)23-18-24-17(19(20,21)22)25-27(18)13(15)3/h14H,4-11H2,1-3H3. The topological polar surface area (TPSA) is 97.5 Å². The van der Waals surface area contributed by atoms with Crippen molar-refractivity contribution < 1.29 is 26.4 Å². The first-order valence-corrected chi connectivity index (χ1v) is 12.0. The summed E-state index contributed by atoms with van der Waals surface area (Å²) >= 11 is 0. The summed E-state index contributed by atoms with van der Waals surface area (Å²) in [5.74, 6) is -1.50. The molecule has 1 fully saturated rings. The van der Waals surface area contributed by atoms with Crippen LogP contribution in [0.5, 0.6) is 0 Å². The first-order chi connectivity index (χ1) is 14.4. The zero-order valence-electron chi connectivity index (χ0n) is 17.7. The van der Waals surface area contributed by atoms with Crippen molar-refractivity contribution in [3.63, 3.8) is 0 Å². The van der Waals surface area contributed by atoms with Crippen LogP contribution in [0.2, 0.25) is 0 Å². The van der Waals surface area contributed by atoms with Gasteiger partial charge in [0, 0.05) is 30.4 Å².